The van der Waals surface area contributed by atoms with Crippen LogP contribution in [-0.4, -0.2) is 46.5 Å². The number of aliphatic imine (C=N–C) groups is 1. The molecule has 2 atom stereocenters. The molecule has 0 aromatic carbocycles. The summed E-state index contributed by atoms with van der Waals surface area (Å²) in [7, 11) is 0. The molecule has 0 aromatic heterocycles. The molecule has 0 aromatic rings. The van der Waals surface area contributed by atoms with Crippen molar-refractivity contribution in [1.29, 1.82) is 0 Å². The standard InChI is InChI=1S/C11H17N3O3/c15-10(8-13-6-7-13)3-1-2-9-4-5-12-11(9)14(16)17/h4-5,9-10,15H,1-3,6-8H2. The molecule has 2 aliphatic heterocycles. The van der Waals surface area contributed by atoms with Gasteiger partial charge in [-0.25, -0.2) is 0 Å². The predicted molar refractivity (Wildman–Crippen MR) is 63.4 cm³/mol. The highest BCUT2D eigenvalue weighted by atomic mass is 16.6. The van der Waals surface area contributed by atoms with E-state index in [2.05, 4.69) is 9.89 Å². The number of rotatable bonds is 6. The Morgan fingerprint density at radius 1 is 1.65 bits per heavy atom. The lowest BCUT2D eigenvalue weighted by molar-refractivity contribution is -0.355. The Balaban J connectivity index is 1.65. The van der Waals surface area contributed by atoms with Gasteiger partial charge in [0.1, 0.15) is 6.20 Å². The van der Waals surface area contributed by atoms with Crippen LogP contribution in [0.5, 0.6) is 0 Å². The van der Waals surface area contributed by atoms with Crippen LogP contribution in [0.1, 0.15) is 19.3 Å². The second-order valence-corrected chi connectivity index (χ2v) is 4.58. The molecule has 1 N–H and O–H groups in total. The first kappa shape index (κ1) is 12.2. The SMILES string of the molecule is O=[N+]([O-])C1=NC=CC1CCCC(O)CN1CC1. The van der Waals surface area contributed by atoms with Gasteiger partial charge in [-0.1, -0.05) is 4.99 Å². The van der Waals surface area contributed by atoms with Gasteiger partial charge >= 0.3 is 5.84 Å². The molecule has 6 heteroatoms. The molecule has 0 saturated carbocycles. The van der Waals surface area contributed by atoms with Crippen LogP contribution in [0.3, 0.4) is 0 Å². The van der Waals surface area contributed by atoms with Crippen LogP contribution in [0.4, 0.5) is 0 Å². The molecule has 2 unspecified atom stereocenters. The normalized spacial score (nSPS) is 24.8. The minimum atomic E-state index is -0.420. The maximum atomic E-state index is 10.6. The molecule has 6 nitrogen and oxygen atoms in total. The lowest BCUT2D eigenvalue weighted by Gasteiger charge is -2.11. The monoisotopic (exact) mass is 239 g/mol. The quantitative estimate of drug-likeness (QED) is 0.419. The van der Waals surface area contributed by atoms with Crippen LogP contribution in [-0.2, 0) is 0 Å². The Hall–Kier alpha value is -1.27. The molecule has 0 amide bonds. The average molecular weight is 239 g/mol. The third kappa shape index (κ3) is 3.61. The van der Waals surface area contributed by atoms with Gasteiger partial charge in [0.2, 0.25) is 0 Å². The summed E-state index contributed by atoms with van der Waals surface area (Å²) >= 11 is 0. The largest absolute Gasteiger partial charge is 0.392 e. The molecule has 94 valence electrons. The van der Waals surface area contributed by atoms with E-state index in [1.54, 1.807) is 6.08 Å². The van der Waals surface area contributed by atoms with E-state index >= 15 is 0 Å². The lowest BCUT2D eigenvalue weighted by atomic mass is 10.0. The summed E-state index contributed by atoms with van der Waals surface area (Å²) in [5, 5.41) is 20.3. The number of amidine groups is 1. The molecule has 2 aliphatic rings. The van der Waals surface area contributed by atoms with E-state index in [9.17, 15) is 15.2 Å². The zero-order valence-electron chi connectivity index (χ0n) is 9.66. The second-order valence-electron chi connectivity index (χ2n) is 4.58. The highest BCUT2D eigenvalue weighted by Crippen LogP contribution is 2.19. The van der Waals surface area contributed by atoms with Crippen LogP contribution in [0.15, 0.2) is 17.3 Å². The van der Waals surface area contributed by atoms with Crippen LogP contribution in [0, 0.1) is 16.0 Å². The van der Waals surface area contributed by atoms with Crippen molar-refractivity contribution in [3.63, 3.8) is 0 Å². The van der Waals surface area contributed by atoms with Crippen molar-refractivity contribution >= 4 is 5.84 Å². The van der Waals surface area contributed by atoms with Gasteiger partial charge in [-0.15, -0.1) is 0 Å². The van der Waals surface area contributed by atoms with E-state index < -0.39 is 4.92 Å². The number of hydrogen-bond acceptors (Lipinski definition) is 5. The van der Waals surface area contributed by atoms with Gasteiger partial charge in [0.15, 0.2) is 0 Å². The Morgan fingerprint density at radius 3 is 3.06 bits per heavy atom. The van der Waals surface area contributed by atoms with Gasteiger partial charge in [-0.2, -0.15) is 0 Å². The second kappa shape index (κ2) is 5.37. The fourth-order valence-electron chi connectivity index (χ4n) is 2.03. The van der Waals surface area contributed by atoms with Gasteiger partial charge in [0.05, 0.1) is 12.0 Å². The van der Waals surface area contributed by atoms with Crippen molar-refractivity contribution in [3.8, 4) is 0 Å². The van der Waals surface area contributed by atoms with Crippen molar-refractivity contribution in [3.05, 3.63) is 22.4 Å². The van der Waals surface area contributed by atoms with Gasteiger partial charge in [0, 0.05) is 19.6 Å². The molecule has 0 bridgehead atoms. The van der Waals surface area contributed by atoms with Gasteiger partial charge in [-0.05, 0) is 30.3 Å². The minimum absolute atomic E-state index is 0.0328. The molecular weight excluding hydrogens is 222 g/mol. The van der Waals surface area contributed by atoms with Crippen molar-refractivity contribution in [2.75, 3.05) is 19.6 Å². The number of hydrogen-bond donors (Lipinski definition) is 1. The Labute approximate surface area is 99.8 Å². The molecule has 0 spiro atoms. The first-order valence-corrected chi connectivity index (χ1v) is 5.96. The van der Waals surface area contributed by atoms with Crippen LogP contribution in [0.25, 0.3) is 0 Å². The summed E-state index contributed by atoms with van der Waals surface area (Å²) in [6, 6.07) is 0. The number of nitro groups is 1. The number of β-amino-alcohol motifs (C(OH)–C–C–N with tert-alkyl or cyclic N) is 1. The first-order valence-electron chi connectivity index (χ1n) is 5.96. The van der Waals surface area contributed by atoms with E-state index in [0.717, 1.165) is 26.1 Å². The summed E-state index contributed by atoms with van der Waals surface area (Å²) in [6.45, 7) is 2.90. The third-order valence-corrected chi connectivity index (χ3v) is 3.11. The fraction of sp³-hybridized carbons (Fsp3) is 0.727. The van der Waals surface area contributed by atoms with Crippen molar-refractivity contribution in [2.45, 2.75) is 25.4 Å². The van der Waals surface area contributed by atoms with Crippen LogP contribution >= 0.6 is 0 Å². The molecule has 17 heavy (non-hydrogen) atoms. The summed E-state index contributed by atoms with van der Waals surface area (Å²) in [6.07, 6.45) is 5.12. The highest BCUT2D eigenvalue weighted by Gasteiger charge is 2.27. The van der Waals surface area contributed by atoms with E-state index in [0.29, 0.717) is 12.8 Å². The van der Waals surface area contributed by atoms with Crippen molar-refractivity contribution in [2.24, 2.45) is 10.9 Å². The molecule has 2 heterocycles. The Bertz CT molecular complexity index is 350. The van der Waals surface area contributed by atoms with Gasteiger partial charge in [0.25, 0.3) is 0 Å². The number of nitrogens with zero attached hydrogens (tertiary/aromatic N) is 3. The summed E-state index contributed by atoms with van der Waals surface area (Å²) < 4.78 is 0. The summed E-state index contributed by atoms with van der Waals surface area (Å²) in [5.41, 5.74) is 0. The Morgan fingerprint density at radius 2 is 2.41 bits per heavy atom. The van der Waals surface area contributed by atoms with E-state index in [1.807, 2.05) is 0 Å². The molecule has 1 fully saturated rings. The van der Waals surface area contributed by atoms with E-state index in [1.165, 1.54) is 6.20 Å². The smallest absolute Gasteiger partial charge is 0.345 e. The zero-order valence-corrected chi connectivity index (χ0v) is 9.66. The number of aliphatic hydroxyl groups is 1. The maximum absolute atomic E-state index is 10.6. The first-order chi connectivity index (χ1) is 8.16. The minimum Gasteiger partial charge on any atom is -0.392 e. The van der Waals surface area contributed by atoms with Crippen LogP contribution < -0.4 is 0 Å². The molecule has 0 aliphatic carbocycles. The van der Waals surface area contributed by atoms with Crippen LogP contribution in [0.2, 0.25) is 0 Å². The fourth-order valence-corrected chi connectivity index (χ4v) is 2.03. The third-order valence-electron chi connectivity index (χ3n) is 3.11. The molecular formula is C11H17N3O3. The van der Waals surface area contributed by atoms with E-state index in [-0.39, 0.29) is 17.9 Å². The summed E-state index contributed by atoms with van der Waals surface area (Å²) in [5.74, 6) is -0.149. The van der Waals surface area contributed by atoms with E-state index in [4.69, 9.17) is 0 Å². The predicted octanol–water partition coefficient (Wildman–Crippen LogP) is 0.652. The van der Waals surface area contributed by atoms with Gasteiger partial charge in [-0.3, -0.25) is 4.90 Å². The molecule has 1 saturated heterocycles. The molecule has 2 rings (SSSR count). The Kier molecular flexibility index (Phi) is 3.86. The lowest BCUT2D eigenvalue weighted by Crippen LogP contribution is -2.21. The van der Waals surface area contributed by atoms with Crippen molar-refractivity contribution in [1.82, 2.24) is 4.90 Å². The van der Waals surface area contributed by atoms with Gasteiger partial charge < -0.3 is 15.2 Å². The summed E-state index contributed by atoms with van der Waals surface area (Å²) in [4.78, 5) is 16.1. The molecule has 0 radical (unpaired) electrons. The zero-order chi connectivity index (χ0) is 12.3. The highest BCUT2D eigenvalue weighted by molar-refractivity contribution is 5.81. The van der Waals surface area contributed by atoms with Crippen molar-refractivity contribution < 1.29 is 10.0 Å². The maximum Gasteiger partial charge on any atom is 0.345 e. The topological polar surface area (TPSA) is 78.7 Å². The average Bonchev–Trinajstić information content (AvgIpc) is 2.94. The number of aliphatic hydroxyl groups excluding tert-OH is 1.